The number of fused-ring (bicyclic) bond motifs is 1. The van der Waals surface area contributed by atoms with Crippen LogP contribution in [-0.2, 0) is 0 Å². The minimum Gasteiger partial charge on any atom is -0.300 e. The molecule has 2 unspecified atom stereocenters. The first-order chi connectivity index (χ1) is 5.92. The van der Waals surface area contributed by atoms with Gasteiger partial charge in [-0.3, -0.25) is 4.90 Å². The van der Waals surface area contributed by atoms with Crippen LogP contribution in [0.3, 0.4) is 0 Å². The van der Waals surface area contributed by atoms with E-state index in [-0.39, 0.29) is 0 Å². The van der Waals surface area contributed by atoms with Crippen molar-refractivity contribution in [2.75, 3.05) is 19.6 Å². The number of hydrogen-bond acceptors (Lipinski definition) is 3. The zero-order valence-corrected chi connectivity index (χ0v) is 7.29. The highest BCUT2D eigenvalue weighted by Gasteiger charge is 2.36. The molecule has 0 spiro atoms. The van der Waals surface area contributed by atoms with Gasteiger partial charge >= 0.3 is 0 Å². The Labute approximate surface area is 73.3 Å². The van der Waals surface area contributed by atoms with Gasteiger partial charge in [-0.15, -0.1) is 0 Å². The molecule has 66 valence electrons. The Balaban J connectivity index is 1.87. The van der Waals surface area contributed by atoms with Crippen LogP contribution in [0.2, 0.25) is 0 Å². The van der Waals surface area contributed by atoms with Gasteiger partial charge in [0, 0.05) is 18.6 Å². The molecule has 0 aromatic carbocycles. The van der Waals surface area contributed by atoms with Crippen molar-refractivity contribution in [3.63, 3.8) is 0 Å². The number of rotatable bonds is 2. The second-order valence-electron chi connectivity index (χ2n) is 3.68. The number of nitrogens with one attached hydrogen (secondary N) is 1. The third-order valence-corrected chi connectivity index (χ3v) is 3.05. The van der Waals surface area contributed by atoms with Gasteiger partial charge in [0.2, 0.25) is 0 Å². The molecule has 2 saturated heterocycles. The minimum absolute atomic E-state index is 0.509. The topological polar surface area (TPSA) is 39.1 Å². The van der Waals surface area contributed by atoms with E-state index in [1.54, 1.807) is 0 Å². The fraction of sp³-hybridized carbons (Fsp3) is 0.889. The first-order valence-corrected chi connectivity index (χ1v) is 4.76. The highest BCUT2D eigenvalue weighted by atomic mass is 15.2. The summed E-state index contributed by atoms with van der Waals surface area (Å²) in [5, 5.41) is 11.7. The molecule has 0 aromatic heterocycles. The van der Waals surface area contributed by atoms with Crippen molar-refractivity contribution in [1.82, 2.24) is 10.2 Å². The summed E-state index contributed by atoms with van der Waals surface area (Å²) in [7, 11) is 0. The molecule has 2 aliphatic heterocycles. The van der Waals surface area contributed by atoms with Crippen molar-refractivity contribution < 1.29 is 0 Å². The third kappa shape index (κ3) is 1.33. The van der Waals surface area contributed by atoms with Crippen molar-refractivity contribution >= 4 is 0 Å². The number of hydrogen-bond donors (Lipinski definition) is 1. The molecule has 3 heteroatoms. The summed E-state index contributed by atoms with van der Waals surface area (Å²) in [6, 6.07) is 3.47. The molecule has 0 bridgehead atoms. The van der Waals surface area contributed by atoms with Crippen LogP contribution in [-0.4, -0.2) is 36.6 Å². The van der Waals surface area contributed by atoms with E-state index in [1.807, 2.05) is 0 Å². The van der Waals surface area contributed by atoms with Crippen LogP contribution in [0.4, 0.5) is 0 Å². The van der Waals surface area contributed by atoms with E-state index < -0.39 is 0 Å². The maximum atomic E-state index is 8.44. The molecule has 12 heavy (non-hydrogen) atoms. The first-order valence-electron chi connectivity index (χ1n) is 4.76. The van der Waals surface area contributed by atoms with Crippen molar-refractivity contribution in [2.24, 2.45) is 0 Å². The number of nitrogens with zero attached hydrogens (tertiary/aromatic N) is 2. The number of nitriles is 1. The predicted octanol–water partition coefficient (Wildman–Crippen LogP) is 0.336. The summed E-state index contributed by atoms with van der Waals surface area (Å²) >= 11 is 0. The van der Waals surface area contributed by atoms with Crippen LogP contribution < -0.4 is 5.32 Å². The quantitative estimate of drug-likeness (QED) is 0.600. The van der Waals surface area contributed by atoms with E-state index >= 15 is 0 Å². The summed E-state index contributed by atoms with van der Waals surface area (Å²) in [5.41, 5.74) is 0. The molecule has 2 fully saturated rings. The molecule has 0 aliphatic carbocycles. The van der Waals surface area contributed by atoms with Crippen molar-refractivity contribution in [3.05, 3.63) is 0 Å². The summed E-state index contributed by atoms with van der Waals surface area (Å²) in [6.45, 7) is 3.01. The van der Waals surface area contributed by atoms with Gasteiger partial charge in [0.1, 0.15) is 0 Å². The average Bonchev–Trinajstić information content (AvgIpc) is 2.62. The highest BCUT2D eigenvalue weighted by molar-refractivity contribution is 4.96. The van der Waals surface area contributed by atoms with Crippen LogP contribution in [0.5, 0.6) is 0 Å². The molecular formula is C9H15N3. The zero-order valence-electron chi connectivity index (χ0n) is 7.29. The Bertz CT molecular complexity index is 196. The van der Waals surface area contributed by atoms with Crippen LogP contribution in [0.25, 0.3) is 0 Å². The van der Waals surface area contributed by atoms with Crippen LogP contribution in [0, 0.1) is 11.3 Å². The smallest absolute Gasteiger partial charge is 0.0843 e. The Hall–Kier alpha value is -0.590. The summed E-state index contributed by atoms with van der Waals surface area (Å²) in [6.07, 6.45) is 3.89. The fourth-order valence-electron chi connectivity index (χ4n) is 2.50. The fourth-order valence-corrected chi connectivity index (χ4v) is 2.50. The van der Waals surface area contributed by atoms with Crippen molar-refractivity contribution in [1.29, 1.82) is 5.26 Å². The first kappa shape index (κ1) is 8.03. The second-order valence-corrected chi connectivity index (χ2v) is 3.68. The van der Waals surface area contributed by atoms with E-state index in [0.717, 1.165) is 6.04 Å². The maximum absolute atomic E-state index is 8.44. The Morgan fingerprint density at radius 2 is 2.33 bits per heavy atom. The van der Waals surface area contributed by atoms with Gasteiger partial charge in [-0.2, -0.15) is 5.26 Å². The van der Waals surface area contributed by atoms with Gasteiger partial charge in [0.15, 0.2) is 0 Å². The standard InChI is InChI=1S/C9H15N3/c10-4-5-11-8-3-7-12-6-1-2-9(8)12/h8-9,11H,1-3,5-7H2. The Kier molecular flexibility index (Phi) is 2.29. The highest BCUT2D eigenvalue weighted by Crippen LogP contribution is 2.27. The van der Waals surface area contributed by atoms with Crippen molar-refractivity contribution in [3.8, 4) is 6.07 Å². The molecule has 0 radical (unpaired) electrons. The van der Waals surface area contributed by atoms with Gasteiger partial charge in [0.25, 0.3) is 0 Å². The van der Waals surface area contributed by atoms with E-state index in [9.17, 15) is 0 Å². The largest absolute Gasteiger partial charge is 0.300 e. The van der Waals surface area contributed by atoms with Gasteiger partial charge in [-0.05, 0) is 25.8 Å². The minimum atomic E-state index is 0.509. The van der Waals surface area contributed by atoms with Gasteiger partial charge < -0.3 is 5.32 Å². The average molecular weight is 165 g/mol. The molecule has 0 amide bonds. The molecule has 3 nitrogen and oxygen atoms in total. The molecule has 2 aliphatic rings. The van der Waals surface area contributed by atoms with Crippen LogP contribution in [0.1, 0.15) is 19.3 Å². The second kappa shape index (κ2) is 3.42. The van der Waals surface area contributed by atoms with Crippen LogP contribution in [0.15, 0.2) is 0 Å². The molecule has 2 atom stereocenters. The molecular weight excluding hydrogens is 150 g/mol. The normalized spacial score (nSPS) is 34.9. The SMILES string of the molecule is N#CCNC1CCN2CCCC12. The molecule has 1 N–H and O–H groups in total. The Morgan fingerprint density at radius 1 is 1.42 bits per heavy atom. The lowest BCUT2D eigenvalue weighted by Crippen LogP contribution is -2.39. The zero-order chi connectivity index (χ0) is 8.39. The summed E-state index contributed by atoms with van der Waals surface area (Å²) in [4.78, 5) is 2.55. The lowest BCUT2D eigenvalue weighted by atomic mass is 10.1. The lowest BCUT2D eigenvalue weighted by molar-refractivity contribution is 0.302. The molecule has 2 rings (SSSR count). The summed E-state index contributed by atoms with van der Waals surface area (Å²) < 4.78 is 0. The third-order valence-electron chi connectivity index (χ3n) is 3.05. The van der Waals surface area contributed by atoms with E-state index in [2.05, 4.69) is 16.3 Å². The van der Waals surface area contributed by atoms with E-state index in [4.69, 9.17) is 5.26 Å². The predicted molar refractivity (Wildman–Crippen MR) is 46.6 cm³/mol. The molecule has 0 aromatic rings. The molecule has 2 heterocycles. The maximum Gasteiger partial charge on any atom is 0.0843 e. The van der Waals surface area contributed by atoms with Crippen molar-refractivity contribution in [2.45, 2.75) is 31.3 Å². The monoisotopic (exact) mass is 165 g/mol. The van der Waals surface area contributed by atoms with Gasteiger partial charge in [-0.1, -0.05) is 0 Å². The van der Waals surface area contributed by atoms with Crippen LogP contribution >= 0.6 is 0 Å². The van der Waals surface area contributed by atoms with E-state index in [0.29, 0.717) is 12.6 Å². The van der Waals surface area contributed by atoms with Gasteiger partial charge in [0.05, 0.1) is 12.6 Å². The van der Waals surface area contributed by atoms with E-state index in [1.165, 1.54) is 32.4 Å². The summed E-state index contributed by atoms with van der Waals surface area (Å²) in [5.74, 6) is 0. The van der Waals surface area contributed by atoms with Gasteiger partial charge in [-0.25, -0.2) is 0 Å². The molecule has 0 saturated carbocycles. The lowest BCUT2D eigenvalue weighted by Gasteiger charge is -2.19. The Morgan fingerprint density at radius 3 is 3.17 bits per heavy atom.